The lowest BCUT2D eigenvalue weighted by Crippen LogP contribution is -2.59. The van der Waals surface area contributed by atoms with E-state index in [1.54, 1.807) is 0 Å². The summed E-state index contributed by atoms with van der Waals surface area (Å²) in [6.07, 6.45) is 1.93. The molecule has 24 heavy (non-hydrogen) atoms. The number of hydrogen-bond donors (Lipinski definition) is 1. The number of rotatable bonds is 4. The summed E-state index contributed by atoms with van der Waals surface area (Å²) in [7, 11) is 1.92. The maximum atomic E-state index is 12.7. The minimum atomic E-state index is -0.501. The maximum absolute atomic E-state index is 12.7. The minimum Gasteiger partial charge on any atom is -0.369 e. The van der Waals surface area contributed by atoms with Crippen molar-refractivity contribution >= 4 is 11.8 Å². The Labute approximate surface area is 143 Å². The van der Waals surface area contributed by atoms with Crippen LogP contribution in [0, 0.1) is 30.6 Å². The van der Waals surface area contributed by atoms with Gasteiger partial charge in [-0.25, -0.2) is 0 Å². The van der Waals surface area contributed by atoms with Gasteiger partial charge in [-0.2, -0.15) is 5.10 Å². The van der Waals surface area contributed by atoms with Crippen LogP contribution < -0.4 is 5.73 Å². The van der Waals surface area contributed by atoms with Crippen molar-refractivity contribution in [1.82, 2.24) is 14.7 Å². The fraction of sp³-hybridized carbons (Fsp3) is 0.722. The monoisotopic (exact) mass is 332 g/mol. The predicted molar refractivity (Wildman–Crippen MR) is 91.1 cm³/mol. The normalized spacial score (nSPS) is 27.7. The van der Waals surface area contributed by atoms with Crippen LogP contribution in [0.15, 0.2) is 0 Å². The van der Waals surface area contributed by atoms with E-state index in [-0.39, 0.29) is 23.1 Å². The smallest absolute Gasteiger partial charge is 0.225 e. The Bertz CT molecular complexity index is 706. The molecule has 1 aliphatic heterocycles. The van der Waals surface area contributed by atoms with Crippen molar-refractivity contribution in [2.75, 3.05) is 13.1 Å². The number of hydrogen-bond acceptors (Lipinski definition) is 3. The lowest BCUT2D eigenvalue weighted by atomic mass is 9.48. The van der Waals surface area contributed by atoms with Gasteiger partial charge in [0.15, 0.2) is 0 Å². The SMILES string of the molecule is Cc1nn(C)c(C)c1CCC(=O)N1C[C@@H]2C(C)(C)C[C@]2(C(N)=O)C1. The van der Waals surface area contributed by atoms with Crippen LogP contribution >= 0.6 is 0 Å². The number of likely N-dealkylation sites (tertiary alicyclic amines) is 1. The summed E-state index contributed by atoms with van der Waals surface area (Å²) in [5.74, 6) is 0.0536. The minimum absolute atomic E-state index is 0.0839. The number of nitrogens with zero attached hydrogens (tertiary/aromatic N) is 3. The lowest BCUT2D eigenvalue weighted by molar-refractivity contribution is -0.148. The summed E-state index contributed by atoms with van der Waals surface area (Å²) in [5.41, 5.74) is 8.50. The Hall–Kier alpha value is -1.85. The molecule has 2 fully saturated rings. The van der Waals surface area contributed by atoms with Crippen LogP contribution in [0.1, 0.15) is 43.6 Å². The lowest BCUT2D eigenvalue weighted by Gasteiger charge is -2.54. The molecule has 2 heterocycles. The van der Waals surface area contributed by atoms with E-state index < -0.39 is 5.41 Å². The number of primary amides is 1. The molecule has 0 radical (unpaired) electrons. The largest absolute Gasteiger partial charge is 0.369 e. The highest BCUT2D eigenvalue weighted by Crippen LogP contribution is 2.62. The molecule has 0 spiro atoms. The van der Waals surface area contributed by atoms with Gasteiger partial charge in [-0.15, -0.1) is 0 Å². The molecule has 0 unspecified atom stereocenters. The van der Waals surface area contributed by atoms with Crippen molar-refractivity contribution < 1.29 is 9.59 Å². The van der Waals surface area contributed by atoms with E-state index in [9.17, 15) is 9.59 Å². The van der Waals surface area contributed by atoms with Crippen LogP contribution in [-0.2, 0) is 23.1 Å². The summed E-state index contributed by atoms with van der Waals surface area (Å²) in [6.45, 7) is 9.47. The van der Waals surface area contributed by atoms with Crippen LogP contribution in [0.4, 0.5) is 0 Å². The average Bonchev–Trinajstić information content (AvgIpc) is 2.94. The summed E-state index contributed by atoms with van der Waals surface area (Å²) in [5, 5.41) is 4.40. The standard InChI is InChI=1S/C18H28N4O2/c1-11-13(12(2)21(5)20-11)6-7-15(23)22-8-14-17(3,4)9-18(14,10-22)16(19)24/h14H,6-10H2,1-5H3,(H2,19,24)/t14-,18+/m1/s1. The Kier molecular flexibility index (Phi) is 3.77. The number of aryl methyl sites for hydroxylation is 2. The van der Waals surface area contributed by atoms with Crippen molar-refractivity contribution in [3.05, 3.63) is 17.0 Å². The second kappa shape index (κ2) is 5.33. The highest BCUT2D eigenvalue weighted by molar-refractivity contribution is 5.86. The zero-order valence-corrected chi connectivity index (χ0v) is 15.3. The van der Waals surface area contributed by atoms with E-state index in [1.807, 2.05) is 30.5 Å². The molecule has 1 aromatic heterocycles. The van der Waals surface area contributed by atoms with Crippen molar-refractivity contribution in [3.63, 3.8) is 0 Å². The molecule has 6 heteroatoms. The molecule has 1 saturated heterocycles. The number of carbonyl (C=O) groups excluding carboxylic acids is 2. The topological polar surface area (TPSA) is 81.2 Å². The van der Waals surface area contributed by atoms with E-state index in [2.05, 4.69) is 18.9 Å². The molecule has 2 N–H and O–H groups in total. The maximum Gasteiger partial charge on any atom is 0.225 e. The van der Waals surface area contributed by atoms with Gasteiger partial charge in [0.1, 0.15) is 0 Å². The summed E-state index contributed by atoms with van der Waals surface area (Å²) in [6, 6.07) is 0. The first-order chi connectivity index (χ1) is 11.1. The van der Waals surface area contributed by atoms with Gasteiger partial charge in [0.25, 0.3) is 0 Å². The Morgan fingerprint density at radius 1 is 1.33 bits per heavy atom. The third kappa shape index (κ3) is 2.34. The van der Waals surface area contributed by atoms with Crippen LogP contribution in [0.2, 0.25) is 0 Å². The number of amides is 2. The van der Waals surface area contributed by atoms with Crippen LogP contribution in [0.3, 0.4) is 0 Å². The number of nitrogens with two attached hydrogens (primary N) is 1. The summed E-state index contributed by atoms with van der Waals surface area (Å²) >= 11 is 0. The van der Waals surface area contributed by atoms with Gasteiger partial charge in [0.2, 0.25) is 11.8 Å². The fourth-order valence-corrected chi connectivity index (χ4v) is 4.99. The predicted octanol–water partition coefficient (Wildman–Crippen LogP) is 1.33. The molecule has 1 aromatic rings. The molecule has 1 saturated carbocycles. The molecule has 0 bridgehead atoms. The summed E-state index contributed by atoms with van der Waals surface area (Å²) in [4.78, 5) is 26.5. The number of carbonyl (C=O) groups is 2. The molecule has 6 nitrogen and oxygen atoms in total. The van der Waals surface area contributed by atoms with E-state index in [1.165, 1.54) is 0 Å². The molecular formula is C18H28N4O2. The number of fused-ring (bicyclic) bond motifs is 1. The quantitative estimate of drug-likeness (QED) is 0.903. The molecule has 2 aliphatic rings. The highest BCUT2D eigenvalue weighted by Gasteiger charge is 2.66. The van der Waals surface area contributed by atoms with Gasteiger partial charge < -0.3 is 10.6 Å². The zero-order chi connectivity index (χ0) is 17.9. The molecule has 2 amide bonds. The highest BCUT2D eigenvalue weighted by atomic mass is 16.2. The van der Waals surface area contributed by atoms with Gasteiger partial charge in [0, 0.05) is 32.3 Å². The van der Waals surface area contributed by atoms with Crippen molar-refractivity contribution in [2.24, 2.45) is 29.5 Å². The summed E-state index contributed by atoms with van der Waals surface area (Å²) < 4.78 is 1.86. The average molecular weight is 332 g/mol. The van der Waals surface area contributed by atoms with Gasteiger partial charge in [-0.05, 0) is 43.6 Å². The molecule has 2 atom stereocenters. The van der Waals surface area contributed by atoms with Crippen LogP contribution in [0.25, 0.3) is 0 Å². The van der Waals surface area contributed by atoms with E-state index in [0.29, 0.717) is 25.9 Å². The third-order valence-corrected chi connectivity index (χ3v) is 6.35. The van der Waals surface area contributed by atoms with Crippen LogP contribution in [-0.4, -0.2) is 39.6 Å². The second-order valence-corrected chi connectivity index (χ2v) is 8.29. The van der Waals surface area contributed by atoms with Gasteiger partial charge in [-0.3, -0.25) is 14.3 Å². The molecule has 132 valence electrons. The first-order valence-electron chi connectivity index (χ1n) is 8.65. The van der Waals surface area contributed by atoms with Crippen molar-refractivity contribution in [2.45, 2.75) is 47.0 Å². The fourth-order valence-electron chi connectivity index (χ4n) is 4.99. The molecular weight excluding hydrogens is 304 g/mol. The van der Waals surface area contributed by atoms with E-state index in [4.69, 9.17) is 5.73 Å². The number of aromatic nitrogens is 2. The molecule has 0 aromatic carbocycles. The van der Waals surface area contributed by atoms with E-state index >= 15 is 0 Å². The second-order valence-electron chi connectivity index (χ2n) is 8.29. The first-order valence-corrected chi connectivity index (χ1v) is 8.65. The first kappa shape index (κ1) is 17.0. The Morgan fingerprint density at radius 3 is 2.46 bits per heavy atom. The molecule has 3 rings (SSSR count). The Balaban J connectivity index is 1.68. The van der Waals surface area contributed by atoms with E-state index in [0.717, 1.165) is 23.4 Å². The third-order valence-electron chi connectivity index (χ3n) is 6.35. The van der Waals surface area contributed by atoms with Gasteiger partial charge in [-0.1, -0.05) is 13.8 Å². The Morgan fingerprint density at radius 2 is 2.00 bits per heavy atom. The van der Waals surface area contributed by atoms with Crippen LogP contribution in [0.5, 0.6) is 0 Å². The van der Waals surface area contributed by atoms with Gasteiger partial charge >= 0.3 is 0 Å². The van der Waals surface area contributed by atoms with Gasteiger partial charge in [0.05, 0.1) is 11.1 Å². The van der Waals surface area contributed by atoms with Crippen molar-refractivity contribution in [3.8, 4) is 0 Å². The van der Waals surface area contributed by atoms with Crippen molar-refractivity contribution in [1.29, 1.82) is 0 Å². The zero-order valence-electron chi connectivity index (χ0n) is 15.3. The molecule has 1 aliphatic carbocycles.